The Balaban J connectivity index is 1.88. The molecular formula is C16H17N3O. The summed E-state index contributed by atoms with van der Waals surface area (Å²) in [6.07, 6.45) is 0. The molecule has 0 aliphatic carbocycles. The molecule has 0 radical (unpaired) electrons. The molecule has 102 valence electrons. The second kappa shape index (κ2) is 5.25. The number of para-hydroxylation sites is 1. The van der Waals surface area contributed by atoms with Crippen LogP contribution < -0.4 is 16.0 Å². The van der Waals surface area contributed by atoms with Gasteiger partial charge in [0, 0.05) is 18.8 Å². The van der Waals surface area contributed by atoms with Gasteiger partial charge in [0.25, 0.3) is 5.91 Å². The molecule has 0 atom stereocenters. The van der Waals surface area contributed by atoms with Crippen molar-refractivity contribution in [2.24, 2.45) is 0 Å². The Morgan fingerprint density at radius 3 is 2.75 bits per heavy atom. The largest absolute Gasteiger partial charge is 0.382 e. The Bertz CT molecular complexity index is 652. The third-order valence-electron chi connectivity index (χ3n) is 3.33. The van der Waals surface area contributed by atoms with Crippen LogP contribution in [-0.2, 0) is 0 Å². The van der Waals surface area contributed by atoms with E-state index in [1.807, 2.05) is 49.4 Å². The fourth-order valence-electron chi connectivity index (χ4n) is 2.39. The van der Waals surface area contributed by atoms with E-state index in [1.54, 1.807) is 0 Å². The molecule has 20 heavy (non-hydrogen) atoms. The Labute approximate surface area is 118 Å². The highest BCUT2D eigenvalue weighted by molar-refractivity contribution is 6.10. The smallest absolute Gasteiger partial charge is 0.257 e. The van der Waals surface area contributed by atoms with Crippen molar-refractivity contribution >= 4 is 23.0 Å². The number of nitrogens with one attached hydrogen (secondary N) is 3. The first-order valence-electron chi connectivity index (χ1n) is 6.73. The zero-order valence-corrected chi connectivity index (χ0v) is 11.4. The van der Waals surface area contributed by atoms with Gasteiger partial charge in [-0.3, -0.25) is 4.79 Å². The van der Waals surface area contributed by atoms with Crippen LogP contribution in [-0.4, -0.2) is 19.0 Å². The van der Waals surface area contributed by atoms with E-state index in [4.69, 9.17) is 0 Å². The van der Waals surface area contributed by atoms with E-state index in [9.17, 15) is 4.79 Å². The molecule has 2 aromatic rings. The maximum Gasteiger partial charge on any atom is 0.257 e. The number of amides is 1. The topological polar surface area (TPSA) is 53.2 Å². The molecule has 2 aromatic carbocycles. The van der Waals surface area contributed by atoms with Crippen molar-refractivity contribution in [3.8, 4) is 0 Å². The molecular weight excluding hydrogens is 250 g/mol. The van der Waals surface area contributed by atoms with Crippen LogP contribution in [0.5, 0.6) is 0 Å². The molecule has 1 aliphatic heterocycles. The van der Waals surface area contributed by atoms with Crippen LogP contribution >= 0.6 is 0 Å². The summed E-state index contributed by atoms with van der Waals surface area (Å²) in [7, 11) is 0. The van der Waals surface area contributed by atoms with Gasteiger partial charge in [-0.2, -0.15) is 0 Å². The minimum absolute atomic E-state index is 0.0938. The molecule has 1 aliphatic rings. The summed E-state index contributed by atoms with van der Waals surface area (Å²) in [6.45, 7) is 3.70. The number of carbonyl (C=O) groups is 1. The summed E-state index contributed by atoms with van der Waals surface area (Å²) in [4.78, 5) is 12.4. The van der Waals surface area contributed by atoms with Crippen LogP contribution in [0.25, 0.3) is 0 Å². The van der Waals surface area contributed by atoms with Gasteiger partial charge >= 0.3 is 0 Å². The van der Waals surface area contributed by atoms with Gasteiger partial charge in [0.2, 0.25) is 0 Å². The summed E-state index contributed by atoms with van der Waals surface area (Å²) >= 11 is 0. The number of hydrogen-bond acceptors (Lipinski definition) is 3. The number of aryl methyl sites for hydroxylation is 1. The summed E-state index contributed by atoms with van der Waals surface area (Å²) in [5.74, 6) is -0.0938. The van der Waals surface area contributed by atoms with Crippen LogP contribution in [0.2, 0.25) is 0 Å². The van der Waals surface area contributed by atoms with Crippen LogP contribution in [0.1, 0.15) is 15.9 Å². The van der Waals surface area contributed by atoms with Crippen molar-refractivity contribution in [1.29, 1.82) is 0 Å². The number of hydrogen-bond donors (Lipinski definition) is 3. The molecule has 0 saturated carbocycles. The Morgan fingerprint density at radius 2 is 1.90 bits per heavy atom. The predicted octanol–water partition coefficient (Wildman–Crippen LogP) is 3.08. The molecule has 0 fully saturated rings. The summed E-state index contributed by atoms with van der Waals surface area (Å²) in [5.41, 5.74) is 4.46. The Morgan fingerprint density at radius 1 is 1.10 bits per heavy atom. The quantitative estimate of drug-likeness (QED) is 0.783. The van der Waals surface area contributed by atoms with Gasteiger partial charge in [-0.1, -0.05) is 18.2 Å². The third kappa shape index (κ3) is 2.45. The zero-order valence-electron chi connectivity index (χ0n) is 11.4. The van der Waals surface area contributed by atoms with Crippen molar-refractivity contribution in [2.45, 2.75) is 6.92 Å². The highest BCUT2D eigenvalue weighted by Crippen LogP contribution is 2.28. The standard InChI is InChI=1S/C16H17N3O/c1-11-4-2-5-12(10-11)19-16(20)13-6-3-7-14-15(13)18-9-8-17-14/h2-7,10,17-18H,8-9H2,1H3,(H,19,20). The lowest BCUT2D eigenvalue weighted by atomic mass is 10.1. The number of carbonyl (C=O) groups excluding carboxylic acids is 1. The first-order chi connectivity index (χ1) is 9.74. The van der Waals surface area contributed by atoms with Crippen molar-refractivity contribution in [2.75, 3.05) is 29.0 Å². The summed E-state index contributed by atoms with van der Waals surface area (Å²) < 4.78 is 0. The minimum atomic E-state index is -0.0938. The Hall–Kier alpha value is -2.49. The molecule has 0 bridgehead atoms. The van der Waals surface area contributed by atoms with Gasteiger partial charge in [0.1, 0.15) is 0 Å². The average Bonchev–Trinajstić information content (AvgIpc) is 2.46. The van der Waals surface area contributed by atoms with Crippen molar-refractivity contribution in [3.05, 3.63) is 53.6 Å². The molecule has 1 amide bonds. The summed E-state index contributed by atoms with van der Waals surface area (Å²) in [5, 5.41) is 9.52. The van der Waals surface area contributed by atoms with Crippen LogP contribution in [0.15, 0.2) is 42.5 Å². The Kier molecular flexibility index (Phi) is 3.29. The van der Waals surface area contributed by atoms with Crippen molar-refractivity contribution < 1.29 is 4.79 Å². The second-order valence-electron chi connectivity index (χ2n) is 4.91. The fourth-order valence-corrected chi connectivity index (χ4v) is 2.39. The fraction of sp³-hybridized carbons (Fsp3) is 0.188. The van der Waals surface area contributed by atoms with E-state index < -0.39 is 0 Å². The second-order valence-corrected chi connectivity index (χ2v) is 4.91. The average molecular weight is 267 g/mol. The maximum atomic E-state index is 12.4. The number of anilines is 3. The van der Waals surface area contributed by atoms with Crippen LogP contribution in [0, 0.1) is 6.92 Å². The SMILES string of the molecule is Cc1cccc(NC(=O)c2cccc3c2NCCN3)c1. The van der Waals surface area contributed by atoms with Crippen molar-refractivity contribution in [1.82, 2.24) is 0 Å². The van der Waals surface area contributed by atoms with Gasteiger partial charge in [-0.15, -0.1) is 0 Å². The number of rotatable bonds is 2. The highest BCUT2D eigenvalue weighted by atomic mass is 16.1. The van der Waals surface area contributed by atoms with E-state index >= 15 is 0 Å². The summed E-state index contributed by atoms with van der Waals surface area (Å²) in [6, 6.07) is 13.5. The van der Waals surface area contributed by atoms with Gasteiger partial charge < -0.3 is 16.0 Å². The van der Waals surface area contributed by atoms with Gasteiger partial charge in [0.15, 0.2) is 0 Å². The van der Waals surface area contributed by atoms with Crippen LogP contribution in [0.3, 0.4) is 0 Å². The lowest BCUT2D eigenvalue weighted by Crippen LogP contribution is -2.24. The first-order valence-corrected chi connectivity index (χ1v) is 6.73. The van der Waals surface area contributed by atoms with Gasteiger partial charge in [-0.25, -0.2) is 0 Å². The van der Waals surface area contributed by atoms with Crippen LogP contribution in [0.4, 0.5) is 17.1 Å². The van der Waals surface area contributed by atoms with E-state index in [-0.39, 0.29) is 5.91 Å². The highest BCUT2D eigenvalue weighted by Gasteiger charge is 2.17. The normalized spacial score (nSPS) is 12.8. The zero-order chi connectivity index (χ0) is 13.9. The van der Waals surface area contributed by atoms with E-state index in [2.05, 4.69) is 16.0 Å². The molecule has 3 N–H and O–H groups in total. The lowest BCUT2D eigenvalue weighted by Gasteiger charge is -2.22. The van der Waals surface area contributed by atoms with Crippen molar-refractivity contribution in [3.63, 3.8) is 0 Å². The molecule has 0 saturated heterocycles. The third-order valence-corrected chi connectivity index (χ3v) is 3.33. The molecule has 0 aromatic heterocycles. The predicted molar refractivity (Wildman–Crippen MR) is 82.6 cm³/mol. The monoisotopic (exact) mass is 267 g/mol. The van der Waals surface area contributed by atoms with E-state index in [0.29, 0.717) is 5.56 Å². The maximum absolute atomic E-state index is 12.4. The van der Waals surface area contributed by atoms with Gasteiger partial charge in [-0.05, 0) is 36.8 Å². The minimum Gasteiger partial charge on any atom is -0.382 e. The van der Waals surface area contributed by atoms with Gasteiger partial charge in [0.05, 0.1) is 16.9 Å². The first kappa shape index (κ1) is 12.5. The van der Waals surface area contributed by atoms with E-state index in [1.165, 1.54) is 0 Å². The molecule has 0 unspecified atom stereocenters. The lowest BCUT2D eigenvalue weighted by molar-refractivity contribution is 0.102. The molecule has 3 rings (SSSR count). The molecule has 0 spiro atoms. The molecule has 1 heterocycles. The molecule has 4 nitrogen and oxygen atoms in total. The number of benzene rings is 2. The van der Waals surface area contributed by atoms with E-state index in [0.717, 1.165) is 35.7 Å². The molecule has 4 heteroatoms. The number of fused-ring (bicyclic) bond motifs is 1.